The molecular formula is C25H19FN2O4. The summed E-state index contributed by atoms with van der Waals surface area (Å²) < 4.78 is 18.9. The molecule has 0 atom stereocenters. The largest absolute Gasteiger partial charge is 0.449 e. The van der Waals surface area contributed by atoms with Crippen LogP contribution in [0.25, 0.3) is 11.1 Å². The number of nitrogens with one attached hydrogen (secondary N) is 1. The Balaban J connectivity index is 1.29. The maximum atomic E-state index is 13.4. The van der Waals surface area contributed by atoms with Crippen molar-refractivity contribution in [2.45, 2.75) is 12.3 Å². The monoisotopic (exact) mass is 430 g/mol. The minimum Gasteiger partial charge on any atom is -0.449 e. The highest BCUT2D eigenvalue weighted by Crippen LogP contribution is 2.44. The molecule has 0 saturated heterocycles. The third kappa shape index (κ3) is 4.60. The number of nitro groups is 1. The lowest BCUT2D eigenvalue weighted by atomic mass is 9.98. The van der Waals surface area contributed by atoms with E-state index < -0.39 is 16.8 Å². The number of non-ortho nitro benzene ring substituents is 1. The molecular weight excluding hydrogens is 411 g/mol. The van der Waals surface area contributed by atoms with Crippen LogP contribution in [0.1, 0.15) is 29.0 Å². The van der Waals surface area contributed by atoms with Crippen LogP contribution in [0.4, 0.5) is 14.9 Å². The topological polar surface area (TPSA) is 81.5 Å². The van der Waals surface area contributed by atoms with Crippen molar-refractivity contribution in [3.63, 3.8) is 0 Å². The van der Waals surface area contributed by atoms with Gasteiger partial charge in [0.1, 0.15) is 12.4 Å². The van der Waals surface area contributed by atoms with Crippen LogP contribution in [0, 0.1) is 27.8 Å². The molecule has 0 spiro atoms. The standard InChI is InChI=1S/C25H19FN2O4/c26-18-13-17(14-19(15-18)28(30)31)7-5-6-12-27-25(29)32-16-24-22-10-3-1-8-20(22)21-9-2-4-11-23(21)24/h1-4,8-11,13-15,24H,6,12,16H2,(H,27,29). The van der Waals surface area contributed by atoms with E-state index in [0.717, 1.165) is 34.4 Å². The van der Waals surface area contributed by atoms with Gasteiger partial charge in [-0.2, -0.15) is 0 Å². The fourth-order valence-electron chi connectivity index (χ4n) is 3.79. The zero-order valence-electron chi connectivity index (χ0n) is 17.0. The van der Waals surface area contributed by atoms with E-state index in [4.69, 9.17) is 4.74 Å². The number of fused-ring (bicyclic) bond motifs is 3. The van der Waals surface area contributed by atoms with Crippen LogP contribution in [-0.2, 0) is 4.74 Å². The van der Waals surface area contributed by atoms with Gasteiger partial charge in [0.2, 0.25) is 0 Å². The average Bonchev–Trinajstić information content (AvgIpc) is 3.11. The normalized spacial score (nSPS) is 11.7. The van der Waals surface area contributed by atoms with Crippen molar-refractivity contribution < 1.29 is 18.8 Å². The van der Waals surface area contributed by atoms with E-state index >= 15 is 0 Å². The van der Waals surface area contributed by atoms with Gasteiger partial charge in [-0.15, -0.1) is 0 Å². The maximum Gasteiger partial charge on any atom is 0.407 e. The molecule has 3 aromatic carbocycles. The Morgan fingerprint density at radius 1 is 1.06 bits per heavy atom. The molecule has 0 unspecified atom stereocenters. The molecule has 1 N–H and O–H groups in total. The van der Waals surface area contributed by atoms with Gasteiger partial charge in [0.25, 0.3) is 5.69 Å². The number of carbonyl (C=O) groups is 1. The van der Waals surface area contributed by atoms with Crippen LogP contribution in [0.3, 0.4) is 0 Å². The predicted octanol–water partition coefficient (Wildman–Crippen LogP) is 5.01. The van der Waals surface area contributed by atoms with E-state index in [1.165, 1.54) is 6.07 Å². The number of nitro benzene ring substituents is 1. The number of alkyl carbamates (subject to hydrolysis) is 1. The molecule has 1 aliphatic carbocycles. The molecule has 0 aromatic heterocycles. The second kappa shape index (κ2) is 9.31. The Bertz CT molecular complexity index is 1200. The van der Waals surface area contributed by atoms with Crippen molar-refractivity contribution in [1.29, 1.82) is 0 Å². The number of hydrogen-bond donors (Lipinski definition) is 1. The molecule has 0 radical (unpaired) electrons. The fraction of sp³-hybridized carbons (Fsp3) is 0.160. The zero-order chi connectivity index (χ0) is 22.5. The van der Waals surface area contributed by atoms with Crippen LogP contribution in [0.15, 0.2) is 66.7 Å². The van der Waals surface area contributed by atoms with Crippen LogP contribution < -0.4 is 5.32 Å². The van der Waals surface area contributed by atoms with Crippen molar-refractivity contribution in [2.24, 2.45) is 0 Å². The van der Waals surface area contributed by atoms with E-state index in [9.17, 15) is 19.3 Å². The molecule has 0 bridgehead atoms. The second-order valence-corrected chi connectivity index (χ2v) is 7.26. The average molecular weight is 430 g/mol. The molecule has 1 aliphatic rings. The highest BCUT2D eigenvalue weighted by atomic mass is 19.1. The SMILES string of the molecule is O=C(NCCC#Cc1cc(F)cc([N+](=O)[O-])c1)OCC1c2ccccc2-c2ccccc21. The molecule has 3 aromatic rings. The van der Waals surface area contributed by atoms with Crippen molar-refractivity contribution in [2.75, 3.05) is 13.2 Å². The van der Waals surface area contributed by atoms with E-state index in [1.54, 1.807) is 0 Å². The Labute approximate surface area is 184 Å². The molecule has 6 nitrogen and oxygen atoms in total. The van der Waals surface area contributed by atoms with Crippen LogP contribution in [-0.4, -0.2) is 24.2 Å². The highest BCUT2D eigenvalue weighted by molar-refractivity contribution is 5.79. The first-order valence-corrected chi connectivity index (χ1v) is 10.1. The molecule has 1 amide bonds. The first kappa shape index (κ1) is 21.1. The lowest BCUT2D eigenvalue weighted by Crippen LogP contribution is -2.26. The van der Waals surface area contributed by atoms with Gasteiger partial charge in [0, 0.05) is 30.5 Å². The lowest BCUT2D eigenvalue weighted by Gasteiger charge is -2.14. The smallest absolute Gasteiger partial charge is 0.407 e. The first-order chi connectivity index (χ1) is 15.5. The highest BCUT2D eigenvalue weighted by Gasteiger charge is 2.28. The Kier molecular flexibility index (Phi) is 6.13. The van der Waals surface area contributed by atoms with Crippen LogP contribution in [0.2, 0.25) is 0 Å². The van der Waals surface area contributed by atoms with Crippen molar-refractivity contribution in [1.82, 2.24) is 5.32 Å². The third-order valence-electron chi connectivity index (χ3n) is 5.19. The Morgan fingerprint density at radius 3 is 2.38 bits per heavy atom. The van der Waals surface area contributed by atoms with E-state index in [2.05, 4.69) is 29.3 Å². The predicted molar refractivity (Wildman–Crippen MR) is 118 cm³/mol. The number of amides is 1. The van der Waals surface area contributed by atoms with Gasteiger partial charge in [-0.25, -0.2) is 9.18 Å². The summed E-state index contributed by atoms with van der Waals surface area (Å²) in [6.45, 7) is 0.458. The summed E-state index contributed by atoms with van der Waals surface area (Å²) >= 11 is 0. The van der Waals surface area contributed by atoms with Gasteiger partial charge in [0.15, 0.2) is 0 Å². The van der Waals surface area contributed by atoms with E-state index in [-0.39, 0.29) is 36.7 Å². The number of carbonyl (C=O) groups excluding carboxylic acids is 1. The molecule has 0 aliphatic heterocycles. The van der Waals surface area contributed by atoms with Crippen molar-refractivity contribution in [3.05, 3.63) is 99.4 Å². The second-order valence-electron chi connectivity index (χ2n) is 7.26. The Hall–Kier alpha value is -4.18. The van der Waals surface area contributed by atoms with Gasteiger partial charge in [-0.1, -0.05) is 60.4 Å². The lowest BCUT2D eigenvalue weighted by molar-refractivity contribution is -0.385. The van der Waals surface area contributed by atoms with Crippen molar-refractivity contribution >= 4 is 11.8 Å². The summed E-state index contributed by atoms with van der Waals surface area (Å²) in [4.78, 5) is 22.2. The number of benzene rings is 3. The van der Waals surface area contributed by atoms with Gasteiger partial charge < -0.3 is 10.1 Å². The van der Waals surface area contributed by atoms with E-state index in [1.807, 2.05) is 36.4 Å². The van der Waals surface area contributed by atoms with E-state index in [0.29, 0.717) is 0 Å². The molecule has 160 valence electrons. The number of ether oxygens (including phenoxy) is 1. The molecule has 32 heavy (non-hydrogen) atoms. The van der Waals surface area contributed by atoms with Gasteiger partial charge in [-0.05, 0) is 28.3 Å². The molecule has 4 rings (SSSR count). The third-order valence-corrected chi connectivity index (χ3v) is 5.19. The Morgan fingerprint density at radius 2 is 1.72 bits per heavy atom. The van der Waals surface area contributed by atoms with Gasteiger partial charge in [0.05, 0.1) is 11.0 Å². The quantitative estimate of drug-likeness (QED) is 0.267. The number of hydrogen-bond acceptors (Lipinski definition) is 4. The number of nitrogens with zero attached hydrogens (tertiary/aromatic N) is 1. The van der Waals surface area contributed by atoms with Crippen molar-refractivity contribution in [3.8, 4) is 23.0 Å². The number of rotatable bonds is 5. The summed E-state index contributed by atoms with van der Waals surface area (Å²) in [5.41, 5.74) is 4.44. The molecule has 7 heteroatoms. The molecule has 0 heterocycles. The van der Waals surface area contributed by atoms with Gasteiger partial charge in [-0.3, -0.25) is 10.1 Å². The minimum atomic E-state index is -0.722. The number of halogens is 1. The first-order valence-electron chi connectivity index (χ1n) is 10.1. The maximum absolute atomic E-state index is 13.4. The fourth-order valence-corrected chi connectivity index (χ4v) is 3.79. The minimum absolute atomic E-state index is 0.0169. The van der Waals surface area contributed by atoms with Crippen LogP contribution in [0.5, 0.6) is 0 Å². The zero-order valence-corrected chi connectivity index (χ0v) is 17.0. The summed E-state index contributed by atoms with van der Waals surface area (Å²) in [5.74, 6) is 4.69. The summed E-state index contributed by atoms with van der Waals surface area (Å²) in [6, 6.07) is 19.3. The summed E-state index contributed by atoms with van der Waals surface area (Å²) in [7, 11) is 0. The van der Waals surface area contributed by atoms with Gasteiger partial charge >= 0.3 is 6.09 Å². The summed E-state index contributed by atoms with van der Waals surface area (Å²) in [6.07, 6.45) is -0.260. The summed E-state index contributed by atoms with van der Waals surface area (Å²) in [5, 5.41) is 13.4. The van der Waals surface area contributed by atoms with Crippen LogP contribution >= 0.6 is 0 Å². The molecule has 0 fully saturated rings. The molecule has 0 saturated carbocycles.